The van der Waals surface area contributed by atoms with Gasteiger partial charge in [-0.15, -0.1) is 0 Å². The molecule has 7 heteroatoms. The summed E-state index contributed by atoms with van der Waals surface area (Å²) in [5, 5.41) is 2.36. The minimum atomic E-state index is -3.90. The lowest BCUT2D eigenvalue weighted by molar-refractivity contribution is -0.124. The first-order valence-corrected chi connectivity index (χ1v) is 6.46. The summed E-state index contributed by atoms with van der Waals surface area (Å²) < 4.78 is 27.6. The fourth-order valence-corrected chi connectivity index (χ4v) is 2.11. The molecule has 0 saturated heterocycles. The SMILES string of the molecule is COS(=O)(=O)c1ccccc1NC(=O)CC(C)=O. The Balaban J connectivity index is 3.04. The molecule has 1 amide bonds. The van der Waals surface area contributed by atoms with Gasteiger partial charge in [0, 0.05) is 0 Å². The number of anilines is 1. The van der Waals surface area contributed by atoms with Crippen LogP contribution < -0.4 is 5.32 Å². The molecule has 6 nitrogen and oxygen atoms in total. The van der Waals surface area contributed by atoms with Crippen molar-refractivity contribution < 1.29 is 22.2 Å². The van der Waals surface area contributed by atoms with Crippen LogP contribution >= 0.6 is 0 Å². The average molecular weight is 271 g/mol. The predicted molar refractivity (Wildman–Crippen MR) is 64.6 cm³/mol. The van der Waals surface area contributed by atoms with Gasteiger partial charge >= 0.3 is 0 Å². The molecule has 1 aromatic carbocycles. The van der Waals surface area contributed by atoms with E-state index < -0.39 is 16.0 Å². The zero-order valence-corrected chi connectivity index (χ0v) is 10.8. The first kappa shape index (κ1) is 14.3. The van der Waals surface area contributed by atoms with Crippen LogP contribution in [0.3, 0.4) is 0 Å². The van der Waals surface area contributed by atoms with Crippen LogP contribution in [0.25, 0.3) is 0 Å². The molecular weight excluding hydrogens is 258 g/mol. The molecule has 0 fully saturated rings. The number of carbonyl (C=O) groups is 2. The molecule has 0 bridgehead atoms. The number of benzene rings is 1. The minimum Gasteiger partial charge on any atom is -0.324 e. The highest BCUT2D eigenvalue weighted by molar-refractivity contribution is 7.87. The third-order valence-electron chi connectivity index (χ3n) is 2.06. The molecule has 1 rings (SSSR count). The lowest BCUT2D eigenvalue weighted by atomic mass is 10.2. The van der Waals surface area contributed by atoms with Crippen LogP contribution in [-0.2, 0) is 23.9 Å². The van der Waals surface area contributed by atoms with E-state index in [0.717, 1.165) is 7.11 Å². The molecule has 0 aliphatic carbocycles. The van der Waals surface area contributed by atoms with E-state index in [4.69, 9.17) is 0 Å². The highest BCUT2D eigenvalue weighted by Gasteiger charge is 2.19. The van der Waals surface area contributed by atoms with Crippen LogP contribution in [0, 0.1) is 0 Å². The summed E-state index contributed by atoms with van der Waals surface area (Å²) in [5.41, 5.74) is 0.0885. The Bertz CT molecular complexity index is 565. The van der Waals surface area contributed by atoms with E-state index in [1.54, 1.807) is 6.07 Å². The van der Waals surface area contributed by atoms with Gasteiger partial charge in [-0.1, -0.05) is 12.1 Å². The molecule has 0 aliphatic heterocycles. The van der Waals surface area contributed by atoms with Crippen LogP contribution in [0.2, 0.25) is 0 Å². The summed E-state index contributed by atoms with van der Waals surface area (Å²) in [6, 6.07) is 5.80. The van der Waals surface area contributed by atoms with Crippen molar-refractivity contribution in [1.82, 2.24) is 0 Å². The maximum atomic E-state index is 11.6. The van der Waals surface area contributed by atoms with Crippen molar-refractivity contribution in [2.75, 3.05) is 12.4 Å². The van der Waals surface area contributed by atoms with Crippen LogP contribution in [0.1, 0.15) is 13.3 Å². The number of para-hydroxylation sites is 1. The fraction of sp³-hybridized carbons (Fsp3) is 0.273. The Labute approximate surface area is 105 Å². The molecule has 98 valence electrons. The first-order valence-electron chi connectivity index (χ1n) is 5.06. The van der Waals surface area contributed by atoms with E-state index in [1.165, 1.54) is 25.1 Å². The van der Waals surface area contributed by atoms with Gasteiger partial charge in [0.15, 0.2) is 0 Å². The second kappa shape index (κ2) is 5.74. The lowest BCUT2D eigenvalue weighted by Gasteiger charge is -2.09. The largest absolute Gasteiger partial charge is 0.324 e. The highest BCUT2D eigenvalue weighted by atomic mass is 32.2. The van der Waals surface area contributed by atoms with Crippen LogP contribution in [0.5, 0.6) is 0 Å². The van der Waals surface area contributed by atoms with Gasteiger partial charge < -0.3 is 5.32 Å². The van der Waals surface area contributed by atoms with Gasteiger partial charge in [-0.3, -0.25) is 13.8 Å². The molecule has 0 aromatic heterocycles. The Morgan fingerprint density at radius 2 is 1.89 bits per heavy atom. The normalized spacial score (nSPS) is 11.0. The molecule has 0 radical (unpaired) electrons. The molecule has 1 N–H and O–H groups in total. The number of hydrogen-bond acceptors (Lipinski definition) is 5. The Morgan fingerprint density at radius 3 is 2.44 bits per heavy atom. The maximum Gasteiger partial charge on any atom is 0.298 e. The van der Waals surface area contributed by atoms with Gasteiger partial charge in [-0.2, -0.15) is 8.42 Å². The summed E-state index contributed by atoms with van der Waals surface area (Å²) >= 11 is 0. The summed E-state index contributed by atoms with van der Waals surface area (Å²) in [6.45, 7) is 1.28. The van der Waals surface area contributed by atoms with E-state index >= 15 is 0 Å². The van der Waals surface area contributed by atoms with Crippen molar-refractivity contribution in [3.8, 4) is 0 Å². The average Bonchev–Trinajstić information content (AvgIpc) is 2.28. The van der Waals surface area contributed by atoms with Crippen molar-refractivity contribution >= 4 is 27.5 Å². The van der Waals surface area contributed by atoms with Crippen molar-refractivity contribution in [2.45, 2.75) is 18.2 Å². The third-order valence-corrected chi connectivity index (χ3v) is 3.39. The molecule has 0 aliphatic rings. The Morgan fingerprint density at radius 1 is 1.28 bits per heavy atom. The number of ketones is 1. The molecule has 0 heterocycles. The molecule has 0 atom stereocenters. The van der Waals surface area contributed by atoms with E-state index in [2.05, 4.69) is 9.50 Å². The summed E-state index contributed by atoms with van der Waals surface area (Å²) in [5.74, 6) is -0.874. The number of nitrogens with one attached hydrogen (secondary N) is 1. The predicted octanol–water partition coefficient (Wildman–Crippen LogP) is 0.939. The second-order valence-corrected chi connectivity index (χ2v) is 5.23. The lowest BCUT2D eigenvalue weighted by Crippen LogP contribution is -2.17. The second-order valence-electron chi connectivity index (χ2n) is 3.54. The van der Waals surface area contributed by atoms with Crippen LogP contribution in [0.4, 0.5) is 5.69 Å². The van der Waals surface area contributed by atoms with Crippen molar-refractivity contribution in [3.63, 3.8) is 0 Å². The topological polar surface area (TPSA) is 89.5 Å². The third kappa shape index (κ3) is 3.64. The molecular formula is C11H13NO5S. The zero-order valence-electron chi connectivity index (χ0n) is 9.97. The first-order chi connectivity index (χ1) is 8.36. The number of carbonyl (C=O) groups excluding carboxylic acids is 2. The fourth-order valence-electron chi connectivity index (χ4n) is 1.30. The summed E-state index contributed by atoms with van der Waals surface area (Å²) in [6.07, 6.45) is -0.304. The van der Waals surface area contributed by atoms with Gasteiger partial charge in [0.05, 0.1) is 19.2 Å². The van der Waals surface area contributed by atoms with E-state index in [9.17, 15) is 18.0 Å². The molecule has 1 aromatic rings. The van der Waals surface area contributed by atoms with Gasteiger partial charge in [0.1, 0.15) is 10.7 Å². The number of rotatable bonds is 5. The van der Waals surface area contributed by atoms with Gasteiger partial charge in [0.25, 0.3) is 10.1 Å². The molecule has 18 heavy (non-hydrogen) atoms. The quantitative estimate of drug-likeness (QED) is 0.636. The summed E-state index contributed by atoms with van der Waals surface area (Å²) in [7, 11) is -2.87. The van der Waals surface area contributed by atoms with E-state index in [1.807, 2.05) is 0 Å². The van der Waals surface area contributed by atoms with E-state index in [0.29, 0.717) is 0 Å². The highest BCUT2D eigenvalue weighted by Crippen LogP contribution is 2.22. The maximum absolute atomic E-state index is 11.6. The summed E-state index contributed by atoms with van der Waals surface area (Å²) in [4.78, 5) is 22.1. The molecule has 0 spiro atoms. The van der Waals surface area contributed by atoms with Crippen molar-refractivity contribution in [1.29, 1.82) is 0 Å². The number of amides is 1. The van der Waals surface area contributed by atoms with Crippen LogP contribution in [-0.4, -0.2) is 27.2 Å². The smallest absolute Gasteiger partial charge is 0.298 e. The minimum absolute atomic E-state index is 0.0885. The van der Waals surface area contributed by atoms with Gasteiger partial charge in [0.2, 0.25) is 5.91 Å². The molecule has 0 saturated carbocycles. The van der Waals surface area contributed by atoms with E-state index in [-0.39, 0.29) is 22.8 Å². The Hall–Kier alpha value is -1.73. The monoisotopic (exact) mass is 271 g/mol. The van der Waals surface area contributed by atoms with Gasteiger partial charge in [-0.25, -0.2) is 0 Å². The zero-order chi connectivity index (χ0) is 13.8. The van der Waals surface area contributed by atoms with Gasteiger partial charge in [-0.05, 0) is 19.1 Å². The van der Waals surface area contributed by atoms with Crippen molar-refractivity contribution in [2.24, 2.45) is 0 Å². The van der Waals surface area contributed by atoms with Crippen LogP contribution in [0.15, 0.2) is 29.2 Å². The standard InChI is InChI=1S/C11H13NO5S/c1-8(13)7-11(14)12-9-5-3-4-6-10(9)18(15,16)17-2/h3-6H,7H2,1-2H3,(H,12,14). The number of hydrogen-bond donors (Lipinski definition) is 1. The van der Waals surface area contributed by atoms with Crippen molar-refractivity contribution in [3.05, 3.63) is 24.3 Å². The Kier molecular flexibility index (Phi) is 4.57. The number of Topliss-reactive ketones (excluding diaryl/α,β-unsaturated/α-hetero) is 1. The molecule has 0 unspecified atom stereocenters.